The Morgan fingerprint density at radius 2 is 1.67 bits per heavy atom. The number of halogens is 1. The van der Waals surface area contributed by atoms with E-state index < -0.39 is 5.97 Å². The molecule has 0 fully saturated rings. The van der Waals surface area contributed by atoms with Crippen LogP contribution in [0.25, 0.3) is 0 Å². The zero-order valence-electron chi connectivity index (χ0n) is 15.2. The summed E-state index contributed by atoms with van der Waals surface area (Å²) in [5.41, 5.74) is 0. The number of carbonyl (C=O) groups is 1. The van der Waals surface area contributed by atoms with E-state index >= 15 is 0 Å². The number of nitrogens with zero attached hydrogens (tertiary/aromatic N) is 2. The van der Waals surface area contributed by atoms with Gasteiger partial charge >= 0.3 is 5.97 Å². The zero-order chi connectivity index (χ0) is 17.0. The third-order valence-electron chi connectivity index (χ3n) is 4.84. The Labute approximate surface area is 153 Å². The van der Waals surface area contributed by atoms with E-state index in [0.717, 1.165) is 25.2 Å². The Kier molecular flexibility index (Phi) is 13.3. The van der Waals surface area contributed by atoms with Crippen LogP contribution < -0.4 is 12.4 Å². The number of amidine groups is 1. The number of rotatable bonds is 14. The number of carboxylic acids is 1. The molecule has 1 unspecified atom stereocenters. The minimum atomic E-state index is -0.805. The highest BCUT2D eigenvalue weighted by atomic mass is 35.5. The van der Waals surface area contributed by atoms with Crippen molar-refractivity contribution in [2.24, 2.45) is 4.99 Å². The lowest BCUT2D eigenvalue weighted by molar-refractivity contribution is -0.829. The fraction of sp³-hybridized carbons (Fsp3) is 0.889. The van der Waals surface area contributed by atoms with Crippen LogP contribution in [-0.2, 0) is 4.79 Å². The first kappa shape index (κ1) is 23.4. The van der Waals surface area contributed by atoms with Gasteiger partial charge in [-0.2, -0.15) is 0 Å². The fourth-order valence-electron chi connectivity index (χ4n) is 3.50. The number of aliphatic carboxylic acids is 1. The van der Waals surface area contributed by atoms with Crippen LogP contribution in [0.5, 0.6) is 0 Å². The quantitative estimate of drug-likeness (QED) is 0.343. The van der Waals surface area contributed by atoms with E-state index in [2.05, 4.69) is 11.9 Å². The zero-order valence-corrected chi connectivity index (χ0v) is 15.9. The molecule has 24 heavy (non-hydrogen) atoms. The first-order chi connectivity index (χ1) is 11.1. The topological polar surface area (TPSA) is 69.9 Å². The van der Waals surface area contributed by atoms with Gasteiger partial charge in [0.05, 0.1) is 13.2 Å². The summed E-state index contributed by atoms with van der Waals surface area (Å²) in [5, 5.41) is 18.5. The van der Waals surface area contributed by atoms with E-state index in [1.165, 1.54) is 51.4 Å². The average molecular weight is 363 g/mol. The summed E-state index contributed by atoms with van der Waals surface area (Å²) in [5.74, 6) is 0.185. The SMILES string of the molecule is CCCCCCCCCCCC1=NCC[N+]1(CCO)CC(=O)O.[Cl-]. The smallest absolute Gasteiger partial charge is 0.359 e. The van der Waals surface area contributed by atoms with Crippen LogP contribution in [-0.4, -0.2) is 59.3 Å². The summed E-state index contributed by atoms with van der Waals surface area (Å²) in [4.78, 5) is 15.7. The standard InChI is InChI=1S/C18H34N2O3.ClH/c1-2-3-4-5-6-7-8-9-10-11-17-19-12-13-20(17,14-15-21)16-18(22)23;/h21H,2-16H2,1H3;1H. The van der Waals surface area contributed by atoms with Gasteiger partial charge in [0.15, 0.2) is 12.4 Å². The van der Waals surface area contributed by atoms with E-state index in [0.29, 0.717) is 17.6 Å². The molecule has 1 aliphatic rings. The molecule has 0 aromatic heterocycles. The summed E-state index contributed by atoms with van der Waals surface area (Å²) in [7, 11) is 0. The van der Waals surface area contributed by atoms with Crippen molar-refractivity contribution in [2.75, 3.05) is 32.8 Å². The molecule has 2 N–H and O–H groups in total. The second-order valence-corrected chi connectivity index (χ2v) is 6.74. The van der Waals surface area contributed by atoms with Crippen molar-refractivity contribution in [1.82, 2.24) is 0 Å². The van der Waals surface area contributed by atoms with Crippen molar-refractivity contribution in [2.45, 2.75) is 71.1 Å². The van der Waals surface area contributed by atoms with Crippen molar-refractivity contribution < 1.29 is 31.9 Å². The number of aliphatic hydroxyl groups is 1. The third kappa shape index (κ3) is 8.45. The van der Waals surface area contributed by atoms with Crippen molar-refractivity contribution >= 4 is 11.8 Å². The number of quaternary nitrogens is 1. The summed E-state index contributed by atoms with van der Waals surface area (Å²) in [6.45, 7) is 4.20. The van der Waals surface area contributed by atoms with Crippen molar-refractivity contribution in [3.63, 3.8) is 0 Å². The highest BCUT2D eigenvalue weighted by Crippen LogP contribution is 2.20. The molecule has 0 aliphatic carbocycles. The predicted octanol–water partition coefficient (Wildman–Crippen LogP) is 0.217. The first-order valence-corrected chi connectivity index (χ1v) is 9.37. The molecule has 0 saturated carbocycles. The molecule has 0 bridgehead atoms. The van der Waals surface area contributed by atoms with E-state index in [9.17, 15) is 9.90 Å². The number of hydrogen-bond donors (Lipinski definition) is 2. The Bertz CT molecular complexity index is 377. The number of carboxylic acid groups (broad SMARTS) is 1. The molecule has 1 heterocycles. The summed E-state index contributed by atoms with van der Waals surface area (Å²) in [6, 6.07) is 0. The Morgan fingerprint density at radius 1 is 1.08 bits per heavy atom. The number of aliphatic imine (C=N–C) groups is 1. The molecule has 0 saturated heterocycles. The maximum Gasteiger partial charge on any atom is 0.359 e. The molecule has 1 atom stereocenters. The predicted molar refractivity (Wildman–Crippen MR) is 93.7 cm³/mol. The maximum atomic E-state index is 11.2. The molecule has 1 rings (SSSR count). The molecule has 0 aromatic carbocycles. The molecule has 6 heteroatoms. The maximum absolute atomic E-state index is 11.2. The minimum absolute atomic E-state index is 0. The molecule has 0 amide bonds. The second kappa shape index (κ2) is 13.6. The normalized spacial score (nSPS) is 19.8. The summed E-state index contributed by atoms with van der Waals surface area (Å²) < 4.78 is 0.364. The molecular weight excluding hydrogens is 328 g/mol. The van der Waals surface area contributed by atoms with Gasteiger partial charge in [0.1, 0.15) is 13.1 Å². The van der Waals surface area contributed by atoms with Gasteiger partial charge < -0.3 is 22.6 Å². The number of hydrogen-bond acceptors (Lipinski definition) is 3. The van der Waals surface area contributed by atoms with Crippen LogP contribution in [0, 0.1) is 0 Å². The molecule has 5 nitrogen and oxygen atoms in total. The van der Waals surface area contributed by atoms with Gasteiger partial charge in [-0.15, -0.1) is 0 Å². The van der Waals surface area contributed by atoms with E-state index in [1.807, 2.05) is 0 Å². The summed E-state index contributed by atoms with van der Waals surface area (Å²) in [6.07, 6.45) is 12.4. The van der Waals surface area contributed by atoms with Gasteiger partial charge in [-0.3, -0.25) is 4.48 Å². The highest BCUT2D eigenvalue weighted by molar-refractivity contribution is 5.80. The fourth-order valence-corrected chi connectivity index (χ4v) is 3.50. The van der Waals surface area contributed by atoms with Gasteiger partial charge in [-0.25, -0.2) is 9.79 Å². The van der Waals surface area contributed by atoms with Gasteiger partial charge in [0.2, 0.25) is 0 Å². The minimum Gasteiger partial charge on any atom is -1.00 e. The van der Waals surface area contributed by atoms with Gasteiger partial charge in [0.25, 0.3) is 0 Å². The van der Waals surface area contributed by atoms with Gasteiger partial charge in [0, 0.05) is 6.42 Å². The van der Waals surface area contributed by atoms with Crippen LogP contribution in [0.15, 0.2) is 4.99 Å². The van der Waals surface area contributed by atoms with Crippen molar-refractivity contribution in [3.05, 3.63) is 0 Å². The van der Waals surface area contributed by atoms with Gasteiger partial charge in [-0.05, 0) is 6.42 Å². The Balaban J connectivity index is 0.00000529. The van der Waals surface area contributed by atoms with Crippen LogP contribution in [0.4, 0.5) is 0 Å². The Hall–Kier alpha value is -0.650. The molecule has 1 aliphatic heterocycles. The lowest BCUT2D eigenvalue weighted by Gasteiger charge is -2.32. The monoisotopic (exact) mass is 362 g/mol. The number of aliphatic hydroxyl groups excluding tert-OH is 1. The summed E-state index contributed by atoms with van der Waals surface area (Å²) >= 11 is 0. The van der Waals surface area contributed by atoms with Crippen molar-refractivity contribution in [1.29, 1.82) is 0 Å². The highest BCUT2D eigenvalue weighted by Gasteiger charge is 2.39. The Morgan fingerprint density at radius 3 is 2.21 bits per heavy atom. The van der Waals surface area contributed by atoms with Crippen molar-refractivity contribution in [3.8, 4) is 0 Å². The molecule has 0 spiro atoms. The third-order valence-corrected chi connectivity index (χ3v) is 4.84. The van der Waals surface area contributed by atoms with Crippen LogP contribution in [0.2, 0.25) is 0 Å². The molecule has 0 radical (unpaired) electrons. The van der Waals surface area contributed by atoms with E-state index in [-0.39, 0.29) is 25.6 Å². The van der Waals surface area contributed by atoms with Crippen LogP contribution in [0.1, 0.15) is 71.1 Å². The van der Waals surface area contributed by atoms with E-state index in [4.69, 9.17) is 5.11 Å². The lowest BCUT2D eigenvalue weighted by Crippen LogP contribution is -3.00. The molecular formula is C18H35ClN2O3. The van der Waals surface area contributed by atoms with Gasteiger partial charge in [-0.1, -0.05) is 58.3 Å². The van der Waals surface area contributed by atoms with Crippen LogP contribution >= 0.6 is 0 Å². The molecule has 142 valence electrons. The van der Waals surface area contributed by atoms with Crippen LogP contribution in [0.3, 0.4) is 0 Å². The second-order valence-electron chi connectivity index (χ2n) is 6.74. The number of unbranched alkanes of at least 4 members (excludes halogenated alkanes) is 8. The molecule has 0 aromatic rings. The first-order valence-electron chi connectivity index (χ1n) is 9.37. The lowest BCUT2D eigenvalue weighted by atomic mass is 10.1. The van der Waals surface area contributed by atoms with E-state index in [1.54, 1.807) is 0 Å². The average Bonchev–Trinajstić information content (AvgIpc) is 2.87. The largest absolute Gasteiger partial charge is 1.00 e.